The van der Waals surface area contributed by atoms with Gasteiger partial charge >= 0.3 is 0 Å². The van der Waals surface area contributed by atoms with Gasteiger partial charge in [-0.15, -0.1) is 5.10 Å². The number of hydrogen-bond donors (Lipinski definition) is 0. The summed E-state index contributed by atoms with van der Waals surface area (Å²) in [5.74, 6) is 2.68. The SMILES string of the molecule is COc1ccc(COc2ncnc(OCc3ccc(OC)cc3)c2C(=O)N(SCCN(C)C)c2ccc(-c3cn(Cc4ccc(OC)cc4)nn3)cc2)cc1. The molecule has 0 radical (unpaired) electrons. The zero-order valence-corrected chi connectivity index (χ0v) is 32.2. The fourth-order valence-corrected chi connectivity index (χ4v) is 6.47. The van der Waals surface area contributed by atoms with E-state index >= 15 is 0 Å². The third-order valence-corrected chi connectivity index (χ3v) is 9.44. The lowest BCUT2D eigenvalue weighted by molar-refractivity contribution is 0.0995. The average Bonchev–Trinajstić information content (AvgIpc) is 3.69. The number of nitrogens with zero attached hydrogens (tertiary/aromatic N) is 7. The van der Waals surface area contributed by atoms with Gasteiger partial charge in [0.05, 0.1) is 39.8 Å². The maximum atomic E-state index is 14.8. The van der Waals surface area contributed by atoms with Crippen LogP contribution in [0.2, 0.25) is 0 Å². The van der Waals surface area contributed by atoms with Gasteiger partial charge in [0, 0.05) is 17.9 Å². The number of aromatic nitrogens is 5. The van der Waals surface area contributed by atoms with Crippen molar-refractivity contribution in [1.29, 1.82) is 0 Å². The second-order valence-corrected chi connectivity index (χ2v) is 13.6. The van der Waals surface area contributed by atoms with Crippen molar-refractivity contribution in [3.05, 3.63) is 132 Å². The molecule has 0 aliphatic carbocycles. The number of carbonyl (C=O) groups is 1. The molecule has 2 aromatic heterocycles. The lowest BCUT2D eigenvalue weighted by atomic mass is 10.1. The quantitative estimate of drug-likeness (QED) is 0.0853. The van der Waals surface area contributed by atoms with Gasteiger partial charge in [-0.25, -0.2) is 19.0 Å². The fourth-order valence-electron chi connectivity index (χ4n) is 5.36. The summed E-state index contributed by atoms with van der Waals surface area (Å²) in [5, 5.41) is 8.75. The van der Waals surface area contributed by atoms with E-state index in [1.165, 1.54) is 18.3 Å². The summed E-state index contributed by atoms with van der Waals surface area (Å²) in [6.45, 7) is 1.60. The van der Waals surface area contributed by atoms with Gasteiger partial charge in [0.2, 0.25) is 11.8 Å². The third-order valence-electron chi connectivity index (χ3n) is 8.44. The van der Waals surface area contributed by atoms with Crippen LogP contribution in [0.3, 0.4) is 0 Å². The maximum absolute atomic E-state index is 14.8. The Bertz CT molecular complexity index is 2060. The van der Waals surface area contributed by atoms with Crippen molar-refractivity contribution in [2.45, 2.75) is 19.8 Å². The van der Waals surface area contributed by atoms with Crippen LogP contribution in [0.25, 0.3) is 11.3 Å². The number of hydrogen-bond acceptors (Lipinski definition) is 12. The number of carbonyl (C=O) groups excluding carboxylic acids is 1. The molecule has 0 aliphatic heterocycles. The van der Waals surface area contributed by atoms with Gasteiger partial charge in [-0.3, -0.25) is 4.79 Å². The van der Waals surface area contributed by atoms with E-state index in [4.69, 9.17) is 23.7 Å². The molecule has 0 spiro atoms. The molecule has 55 heavy (non-hydrogen) atoms. The van der Waals surface area contributed by atoms with E-state index in [0.717, 1.165) is 46.0 Å². The number of rotatable bonds is 18. The van der Waals surface area contributed by atoms with Crippen LogP contribution in [0.15, 0.2) is 110 Å². The third kappa shape index (κ3) is 10.3. The van der Waals surface area contributed by atoms with E-state index < -0.39 is 5.91 Å². The minimum Gasteiger partial charge on any atom is -0.497 e. The van der Waals surface area contributed by atoms with E-state index in [1.54, 1.807) is 30.3 Å². The Hall–Kier alpha value is -6.12. The first-order valence-corrected chi connectivity index (χ1v) is 18.4. The number of ether oxygens (including phenoxy) is 5. The Morgan fingerprint density at radius 1 is 0.691 bits per heavy atom. The predicted octanol–water partition coefficient (Wildman–Crippen LogP) is 6.82. The molecule has 14 heteroatoms. The Kier molecular flexibility index (Phi) is 13.2. The molecule has 13 nitrogen and oxygen atoms in total. The predicted molar refractivity (Wildman–Crippen MR) is 212 cm³/mol. The van der Waals surface area contributed by atoms with Crippen LogP contribution in [-0.2, 0) is 19.8 Å². The van der Waals surface area contributed by atoms with Gasteiger partial charge < -0.3 is 28.6 Å². The van der Waals surface area contributed by atoms with Crippen molar-refractivity contribution in [3.63, 3.8) is 0 Å². The van der Waals surface area contributed by atoms with Gasteiger partial charge in [0.1, 0.15) is 42.5 Å². The topological polar surface area (TPSA) is 126 Å². The van der Waals surface area contributed by atoms with Crippen molar-refractivity contribution in [3.8, 4) is 40.3 Å². The zero-order chi connectivity index (χ0) is 38.6. The molecule has 0 unspecified atom stereocenters. The van der Waals surface area contributed by atoms with Gasteiger partial charge in [0.15, 0.2) is 5.56 Å². The van der Waals surface area contributed by atoms with Crippen molar-refractivity contribution in [1.82, 2.24) is 29.9 Å². The van der Waals surface area contributed by atoms with Gasteiger partial charge in [-0.1, -0.05) is 53.7 Å². The standard InChI is InChI=1S/C41H43N7O6S/c1-46(2)22-23-55-48(33-14-12-32(13-15-33)37-25-47(45-44-37)24-29-6-16-34(50-3)17-7-29)41(49)38-39(53-26-30-8-18-35(51-4)19-9-30)42-28-43-40(38)54-27-31-10-20-36(52-5)21-11-31/h6-21,25,28H,22-24,26-27H2,1-5H3. The molecule has 0 saturated carbocycles. The first-order valence-electron chi connectivity index (χ1n) is 17.5. The lowest BCUT2D eigenvalue weighted by Crippen LogP contribution is -2.28. The minimum atomic E-state index is -0.392. The molecule has 0 fully saturated rings. The molecule has 1 amide bonds. The van der Waals surface area contributed by atoms with Crippen molar-refractivity contribution in [2.75, 3.05) is 52.0 Å². The highest BCUT2D eigenvalue weighted by Gasteiger charge is 2.29. The summed E-state index contributed by atoms with van der Waals surface area (Å²) in [4.78, 5) is 25.7. The van der Waals surface area contributed by atoms with E-state index in [-0.39, 0.29) is 30.5 Å². The molecule has 0 bridgehead atoms. The molecule has 4 aromatic carbocycles. The van der Waals surface area contributed by atoms with Crippen LogP contribution in [-0.4, -0.2) is 83.5 Å². The lowest BCUT2D eigenvalue weighted by Gasteiger charge is -2.24. The summed E-state index contributed by atoms with van der Waals surface area (Å²) in [5.41, 5.74) is 5.12. The molecule has 2 heterocycles. The Labute approximate surface area is 324 Å². The molecule has 0 atom stereocenters. The van der Waals surface area contributed by atoms with Crippen LogP contribution in [0, 0.1) is 0 Å². The number of benzene rings is 4. The van der Waals surface area contributed by atoms with E-state index in [1.807, 2.05) is 117 Å². The van der Waals surface area contributed by atoms with Gasteiger partial charge in [-0.05, 0) is 91.3 Å². The van der Waals surface area contributed by atoms with Gasteiger partial charge in [0.25, 0.3) is 5.91 Å². The van der Waals surface area contributed by atoms with Gasteiger partial charge in [-0.2, -0.15) is 0 Å². The first-order chi connectivity index (χ1) is 26.8. The Morgan fingerprint density at radius 2 is 1.20 bits per heavy atom. The normalized spacial score (nSPS) is 10.9. The number of anilines is 1. The molecule has 6 rings (SSSR count). The highest BCUT2D eigenvalue weighted by atomic mass is 32.2. The Balaban J connectivity index is 1.28. The second-order valence-electron chi connectivity index (χ2n) is 12.6. The number of methoxy groups -OCH3 is 3. The average molecular weight is 762 g/mol. The molecule has 0 aliphatic rings. The zero-order valence-electron chi connectivity index (χ0n) is 31.4. The largest absolute Gasteiger partial charge is 0.497 e. The van der Waals surface area contributed by atoms with Crippen LogP contribution in [0.4, 0.5) is 5.69 Å². The molecule has 284 valence electrons. The highest BCUT2D eigenvalue weighted by Crippen LogP contribution is 2.34. The first kappa shape index (κ1) is 38.6. The Morgan fingerprint density at radius 3 is 1.69 bits per heavy atom. The summed E-state index contributed by atoms with van der Waals surface area (Å²) >= 11 is 1.38. The maximum Gasteiger partial charge on any atom is 0.279 e. The number of amides is 1. The highest BCUT2D eigenvalue weighted by molar-refractivity contribution is 8.01. The van der Waals surface area contributed by atoms with Crippen molar-refractivity contribution < 1.29 is 28.5 Å². The fraction of sp³-hybridized carbons (Fsp3) is 0.244. The van der Waals surface area contributed by atoms with Crippen LogP contribution in [0.5, 0.6) is 29.0 Å². The van der Waals surface area contributed by atoms with Crippen LogP contribution >= 0.6 is 11.9 Å². The summed E-state index contributed by atoms with van der Waals surface area (Å²) in [7, 11) is 8.86. The molecule has 0 saturated heterocycles. The second kappa shape index (κ2) is 18.8. The van der Waals surface area contributed by atoms with Crippen molar-refractivity contribution in [2.24, 2.45) is 0 Å². The molecule has 0 N–H and O–H groups in total. The van der Waals surface area contributed by atoms with E-state index in [9.17, 15) is 4.79 Å². The monoisotopic (exact) mass is 761 g/mol. The summed E-state index contributed by atoms with van der Waals surface area (Å²) < 4.78 is 31.7. The van der Waals surface area contributed by atoms with E-state index in [0.29, 0.717) is 23.7 Å². The van der Waals surface area contributed by atoms with Crippen molar-refractivity contribution >= 4 is 23.5 Å². The molecular weight excluding hydrogens is 719 g/mol. The van der Waals surface area contributed by atoms with Crippen LogP contribution in [0.1, 0.15) is 27.0 Å². The van der Waals surface area contributed by atoms with Crippen LogP contribution < -0.4 is 28.0 Å². The van der Waals surface area contributed by atoms with E-state index in [2.05, 4.69) is 25.2 Å². The molecule has 6 aromatic rings. The minimum absolute atomic E-state index is 0.101. The smallest absolute Gasteiger partial charge is 0.279 e. The summed E-state index contributed by atoms with van der Waals surface area (Å²) in [6, 6.07) is 30.4. The summed E-state index contributed by atoms with van der Waals surface area (Å²) in [6.07, 6.45) is 3.23. The molecular formula is C41H43N7O6S.